The van der Waals surface area contributed by atoms with E-state index in [4.69, 9.17) is 9.47 Å². The maximum Gasteiger partial charge on any atom is 0.410 e. The fourth-order valence-electron chi connectivity index (χ4n) is 3.61. The number of amides is 1. The van der Waals surface area contributed by atoms with Crippen LogP contribution in [0.1, 0.15) is 45.1 Å². The second kappa shape index (κ2) is 7.95. The molecule has 1 atom stereocenters. The van der Waals surface area contributed by atoms with Gasteiger partial charge in [-0.25, -0.2) is 4.79 Å². The Morgan fingerprint density at radius 1 is 1.29 bits per heavy atom. The number of ether oxygens (including phenoxy) is 2. The van der Waals surface area contributed by atoms with Gasteiger partial charge in [-0.3, -0.25) is 15.0 Å². The summed E-state index contributed by atoms with van der Waals surface area (Å²) in [6, 6.07) is 5.21. The molecule has 1 amide bonds. The Labute approximate surface area is 165 Å². The van der Waals surface area contributed by atoms with E-state index in [1.54, 1.807) is 24.1 Å². The van der Waals surface area contributed by atoms with Gasteiger partial charge in [0.25, 0.3) is 5.69 Å². The van der Waals surface area contributed by atoms with Crippen LogP contribution in [-0.4, -0.2) is 60.9 Å². The number of carbonyl (C=O) groups excluding carboxylic acids is 1. The van der Waals surface area contributed by atoms with Crippen LogP contribution in [0, 0.1) is 10.1 Å². The summed E-state index contributed by atoms with van der Waals surface area (Å²) in [4.78, 5) is 27.5. The Balaban J connectivity index is 1.77. The van der Waals surface area contributed by atoms with E-state index in [0.29, 0.717) is 26.2 Å². The number of carbonyl (C=O) groups is 1. The molecule has 0 unspecified atom stereocenters. The number of methoxy groups -OCH3 is 1. The van der Waals surface area contributed by atoms with Gasteiger partial charge in [-0.05, 0) is 51.7 Å². The monoisotopic (exact) mass is 391 g/mol. The molecule has 0 aromatic heterocycles. The first-order chi connectivity index (χ1) is 13.2. The molecular weight excluding hydrogens is 362 g/mol. The zero-order valence-corrected chi connectivity index (χ0v) is 17.0. The van der Waals surface area contributed by atoms with Crippen molar-refractivity contribution in [1.82, 2.24) is 4.90 Å². The average molecular weight is 391 g/mol. The van der Waals surface area contributed by atoms with Gasteiger partial charge in [0.15, 0.2) is 0 Å². The van der Waals surface area contributed by atoms with Crippen LogP contribution in [0.2, 0.25) is 0 Å². The van der Waals surface area contributed by atoms with Crippen molar-refractivity contribution in [3.63, 3.8) is 0 Å². The lowest BCUT2D eigenvalue weighted by atomic mass is 10.1. The second-order valence-corrected chi connectivity index (χ2v) is 8.50. The highest BCUT2D eigenvalue weighted by Gasteiger charge is 2.35. The third kappa shape index (κ3) is 4.73. The van der Waals surface area contributed by atoms with Gasteiger partial charge in [0.2, 0.25) is 0 Å². The van der Waals surface area contributed by atoms with Crippen molar-refractivity contribution >= 4 is 17.5 Å². The Kier molecular flexibility index (Phi) is 5.79. The molecule has 2 fully saturated rings. The number of hydrogen-bond acceptors (Lipinski definition) is 6. The van der Waals surface area contributed by atoms with Crippen molar-refractivity contribution in [2.24, 2.45) is 0 Å². The number of hydrogen-bond donors (Lipinski definition) is 0. The van der Waals surface area contributed by atoms with Crippen LogP contribution in [0.5, 0.6) is 0 Å². The smallest absolute Gasteiger partial charge is 0.410 e. The van der Waals surface area contributed by atoms with Crippen LogP contribution < -0.4 is 4.90 Å². The summed E-state index contributed by atoms with van der Waals surface area (Å²) in [7, 11) is 1.61. The maximum absolute atomic E-state index is 12.6. The van der Waals surface area contributed by atoms with Crippen molar-refractivity contribution < 1.29 is 19.2 Å². The summed E-state index contributed by atoms with van der Waals surface area (Å²) in [6.45, 7) is 7.70. The van der Waals surface area contributed by atoms with Crippen LogP contribution in [0.15, 0.2) is 18.2 Å². The zero-order valence-electron chi connectivity index (χ0n) is 17.0. The third-order valence-electron chi connectivity index (χ3n) is 5.06. The van der Waals surface area contributed by atoms with Gasteiger partial charge in [0, 0.05) is 44.1 Å². The SMILES string of the molecule is COC[C@@H]1CN(c2ccc([N+](=O)[O-])c(C3CC3)c2)CCN1C(=O)OC(C)(C)C. The minimum absolute atomic E-state index is 0.145. The topological polar surface area (TPSA) is 85.2 Å². The van der Waals surface area contributed by atoms with Crippen molar-refractivity contribution in [1.29, 1.82) is 0 Å². The van der Waals surface area contributed by atoms with Crippen LogP contribution in [0.25, 0.3) is 0 Å². The molecule has 0 radical (unpaired) electrons. The minimum atomic E-state index is -0.552. The maximum atomic E-state index is 12.6. The van der Waals surface area contributed by atoms with Crippen LogP contribution in [-0.2, 0) is 9.47 Å². The number of nitrogens with zero attached hydrogens (tertiary/aromatic N) is 3. The molecule has 8 heteroatoms. The Morgan fingerprint density at radius 3 is 2.57 bits per heavy atom. The van der Waals surface area contributed by atoms with E-state index in [-0.39, 0.29) is 28.7 Å². The lowest BCUT2D eigenvalue weighted by Gasteiger charge is -2.42. The molecule has 3 rings (SSSR count). The van der Waals surface area contributed by atoms with E-state index in [1.807, 2.05) is 26.8 Å². The molecule has 2 aliphatic rings. The highest BCUT2D eigenvalue weighted by molar-refractivity contribution is 5.69. The quantitative estimate of drug-likeness (QED) is 0.564. The molecule has 1 saturated carbocycles. The van der Waals surface area contributed by atoms with Gasteiger partial charge in [0.1, 0.15) is 5.60 Å². The van der Waals surface area contributed by atoms with Crippen molar-refractivity contribution in [2.45, 2.75) is 51.2 Å². The zero-order chi connectivity index (χ0) is 20.5. The van der Waals surface area contributed by atoms with Gasteiger partial charge in [-0.2, -0.15) is 0 Å². The molecule has 8 nitrogen and oxygen atoms in total. The Bertz CT molecular complexity index is 742. The van der Waals surface area contributed by atoms with Crippen LogP contribution in [0.4, 0.5) is 16.2 Å². The van der Waals surface area contributed by atoms with E-state index < -0.39 is 5.60 Å². The number of nitro groups is 1. The molecule has 0 bridgehead atoms. The summed E-state index contributed by atoms with van der Waals surface area (Å²) in [5.74, 6) is 0.290. The molecule has 1 aromatic rings. The minimum Gasteiger partial charge on any atom is -0.444 e. The van der Waals surface area contributed by atoms with Crippen molar-refractivity contribution in [2.75, 3.05) is 38.3 Å². The fraction of sp³-hybridized carbons (Fsp3) is 0.650. The molecule has 28 heavy (non-hydrogen) atoms. The highest BCUT2D eigenvalue weighted by atomic mass is 16.6. The van der Waals surface area contributed by atoms with Gasteiger partial charge < -0.3 is 14.4 Å². The van der Waals surface area contributed by atoms with E-state index in [1.165, 1.54) is 0 Å². The predicted octanol–water partition coefficient (Wildman–Crippen LogP) is 3.54. The van der Waals surface area contributed by atoms with Gasteiger partial charge >= 0.3 is 6.09 Å². The first-order valence-corrected chi connectivity index (χ1v) is 9.71. The standard InChI is InChI=1S/C20H29N3O5/c1-20(2,3)28-19(24)22-10-9-21(12-16(22)13-27-4)15-7-8-18(23(25)26)17(11-15)14-5-6-14/h7-8,11,14,16H,5-6,9-10,12-13H2,1-4H3/t16-/m0/s1. The molecular formula is C20H29N3O5. The first-order valence-electron chi connectivity index (χ1n) is 9.71. The molecule has 1 aromatic carbocycles. The summed E-state index contributed by atoms with van der Waals surface area (Å²) >= 11 is 0. The second-order valence-electron chi connectivity index (χ2n) is 8.50. The van der Waals surface area contributed by atoms with Gasteiger partial charge in [-0.1, -0.05) is 0 Å². The number of rotatable bonds is 5. The largest absolute Gasteiger partial charge is 0.444 e. The number of nitro benzene ring substituents is 1. The highest BCUT2D eigenvalue weighted by Crippen LogP contribution is 2.45. The number of anilines is 1. The van der Waals surface area contributed by atoms with Crippen molar-refractivity contribution in [3.05, 3.63) is 33.9 Å². The fourth-order valence-corrected chi connectivity index (χ4v) is 3.61. The number of benzene rings is 1. The molecule has 1 aliphatic carbocycles. The summed E-state index contributed by atoms with van der Waals surface area (Å²) in [5.41, 5.74) is 1.42. The molecule has 154 valence electrons. The molecule has 1 aliphatic heterocycles. The summed E-state index contributed by atoms with van der Waals surface area (Å²) in [5, 5.41) is 11.3. The van der Waals surface area contributed by atoms with Crippen LogP contribution >= 0.6 is 0 Å². The normalized spacial score (nSPS) is 20.2. The molecule has 1 saturated heterocycles. The van der Waals surface area contributed by atoms with E-state index in [0.717, 1.165) is 24.1 Å². The van der Waals surface area contributed by atoms with E-state index in [2.05, 4.69) is 4.90 Å². The average Bonchev–Trinajstić information content (AvgIpc) is 3.45. The molecule has 1 heterocycles. The third-order valence-corrected chi connectivity index (χ3v) is 5.06. The molecule has 0 N–H and O–H groups in total. The Morgan fingerprint density at radius 2 is 2.00 bits per heavy atom. The van der Waals surface area contributed by atoms with Gasteiger partial charge in [-0.15, -0.1) is 0 Å². The first kappa shape index (κ1) is 20.4. The lowest BCUT2D eigenvalue weighted by molar-refractivity contribution is -0.385. The lowest BCUT2D eigenvalue weighted by Crippen LogP contribution is -2.57. The molecule has 0 spiro atoms. The van der Waals surface area contributed by atoms with Crippen molar-refractivity contribution in [3.8, 4) is 0 Å². The van der Waals surface area contributed by atoms with E-state index >= 15 is 0 Å². The Hall–Kier alpha value is -2.35. The number of piperazine rings is 1. The van der Waals surface area contributed by atoms with E-state index in [9.17, 15) is 14.9 Å². The summed E-state index contributed by atoms with van der Waals surface area (Å²) < 4.78 is 10.9. The predicted molar refractivity (Wildman–Crippen MR) is 106 cm³/mol. The van der Waals surface area contributed by atoms with Gasteiger partial charge in [0.05, 0.1) is 17.6 Å². The summed E-state index contributed by atoms with van der Waals surface area (Å²) in [6.07, 6.45) is 1.67. The van der Waals surface area contributed by atoms with Crippen LogP contribution in [0.3, 0.4) is 0 Å².